The second-order valence-electron chi connectivity index (χ2n) is 6.58. The van der Waals surface area contributed by atoms with Crippen molar-refractivity contribution in [3.63, 3.8) is 0 Å². The van der Waals surface area contributed by atoms with Gasteiger partial charge in [0.25, 0.3) is 0 Å². The summed E-state index contributed by atoms with van der Waals surface area (Å²) in [5.41, 5.74) is 9.34. The van der Waals surface area contributed by atoms with Gasteiger partial charge < -0.3 is 10.3 Å². The molecule has 0 aliphatic heterocycles. The van der Waals surface area contributed by atoms with Gasteiger partial charge in [0.2, 0.25) is 6.08 Å². The summed E-state index contributed by atoms with van der Waals surface area (Å²) in [5, 5.41) is -1.21. The van der Waals surface area contributed by atoms with E-state index in [4.69, 9.17) is 4.74 Å². The third-order valence-corrected chi connectivity index (χ3v) is 9.05. The molecule has 7 heteroatoms. The van der Waals surface area contributed by atoms with Crippen LogP contribution in [0, 0.1) is 0 Å². The number of carbonyl (C=O) groups excluding carboxylic acids is 2. The average Bonchev–Trinajstić information content (AvgIpc) is 2.25. The summed E-state index contributed by atoms with van der Waals surface area (Å²) >= 11 is 0. The van der Waals surface area contributed by atoms with Gasteiger partial charge in [0.1, 0.15) is 0 Å². The summed E-state index contributed by atoms with van der Waals surface area (Å²) in [6.45, 7) is 13.0. The van der Waals surface area contributed by atoms with Crippen molar-refractivity contribution in [2.24, 2.45) is 4.66 Å². The first-order chi connectivity index (χ1) is 8.99. The molecule has 0 saturated carbocycles. The first-order valence-electron chi connectivity index (χ1n) is 6.48. The lowest BCUT2D eigenvalue weighted by Gasteiger charge is -2.42. The van der Waals surface area contributed by atoms with Gasteiger partial charge in [-0.25, -0.2) is 14.2 Å². The Hall–Kier alpha value is -1.55. The summed E-state index contributed by atoms with van der Waals surface area (Å²) in [6, 6.07) is 0. The second kappa shape index (κ2) is 6.26. The molecular weight excluding hydrogens is 274 g/mol. The van der Waals surface area contributed by atoms with Crippen molar-refractivity contribution in [1.29, 1.82) is 0 Å². The van der Waals surface area contributed by atoms with Gasteiger partial charge in [0, 0.05) is 0 Å². The smallest absolute Gasteiger partial charge is 0.412 e. The number of isocyanates is 1. The summed E-state index contributed by atoms with van der Waals surface area (Å²) in [4.78, 5) is 26.3. The van der Waals surface area contributed by atoms with Gasteiger partial charge in [0.15, 0.2) is 0 Å². The lowest BCUT2D eigenvalue weighted by molar-refractivity contribution is -0.139. The predicted octanol–water partition coefficient (Wildman–Crippen LogP) is 2.64. The second-order valence-corrected chi connectivity index (χ2v) is 11.7. The van der Waals surface area contributed by atoms with Crippen LogP contribution >= 0.6 is 0 Å². The summed E-state index contributed by atoms with van der Waals surface area (Å²) in [6.07, 6.45) is 1.57. The molecule has 0 aromatic carbocycles. The fourth-order valence-electron chi connectivity index (χ4n) is 2.75. The molecule has 0 heterocycles. The van der Waals surface area contributed by atoms with Gasteiger partial charge in [-0.05, 0) is 17.0 Å². The predicted molar refractivity (Wildman–Crippen MR) is 78.6 cm³/mol. The van der Waals surface area contributed by atoms with Crippen LogP contribution in [-0.2, 0) is 14.3 Å². The van der Waals surface area contributed by atoms with Crippen LogP contribution in [0.3, 0.4) is 0 Å². The maximum atomic E-state index is 12.1. The number of esters is 1. The number of nitrogens with zero attached hydrogens (tertiary/aromatic N) is 3. The Balaban J connectivity index is 6.48. The van der Waals surface area contributed by atoms with Crippen molar-refractivity contribution < 1.29 is 19.1 Å². The standard InChI is InChI=1S/C13H23N3O3Si/c1-8-19-11(18)10(16-14)20(15-9-17,12(2,3)4)13(5,6)7/h8H2,1-7H3. The van der Waals surface area contributed by atoms with Crippen molar-refractivity contribution in [3.8, 4) is 0 Å². The van der Waals surface area contributed by atoms with Gasteiger partial charge >= 0.3 is 19.5 Å². The fourth-order valence-corrected chi connectivity index (χ4v) is 7.85. The monoisotopic (exact) mass is 297 g/mol. The van der Waals surface area contributed by atoms with Crippen LogP contribution in [0.5, 0.6) is 0 Å². The quantitative estimate of drug-likeness (QED) is 0.199. The summed E-state index contributed by atoms with van der Waals surface area (Å²) in [5.74, 6) is -0.731. The SMILES string of the molecule is CCOC(=O)C(=[N+]=[N-])[Si](N=C=O)(C(C)(C)C)C(C)(C)C. The molecule has 0 bridgehead atoms. The van der Waals surface area contributed by atoms with E-state index in [1.165, 1.54) is 0 Å². The van der Waals surface area contributed by atoms with Crippen LogP contribution in [0.1, 0.15) is 48.5 Å². The minimum absolute atomic E-state index is 0.150. The van der Waals surface area contributed by atoms with Crippen LogP contribution in [0.25, 0.3) is 5.53 Å². The maximum absolute atomic E-state index is 12.1. The van der Waals surface area contributed by atoms with Crippen LogP contribution in [0.15, 0.2) is 4.66 Å². The Bertz CT molecular complexity index is 462. The molecule has 0 aliphatic rings. The number of rotatable bonds is 4. The van der Waals surface area contributed by atoms with Gasteiger partial charge in [0.05, 0.1) is 6.61 Å². The molecule has 6 nitrogen and oxygen atoms in total. The molecule has 0 amide bonds. The highest BCUT2D eigenvalue weighted by atomic mass is 28.3. The molecule has 0 N–H and O–H groups in total. The Labute approximate surface area is 120 Å². The number of carbonyl (C=O) groups is 1. The molecule has 0 unspecified atom stereocenters. The van der Waals surface area contributed by atoms with E-state index in [-0.39, 0.29) is 11.9 Å². The van der Waals surface area contributed by atoms with Gasteiger partial charge in [-0.15, -0.1) is 0 Å². The molecule has 0 aromatic heterocycles. The average molecular weight is 297 g/mol. The van der Waals surface area contributed by atoms with Crippen molar-refractivity contribution in [2.75, 3.05) is 6.61 Å². The lowest BCUT2D eigenvalue weighted by Crippen LogP contribution is -2.60. The highest BCUT2D eigenvalue weighted by Gasteiger charge is 2.67. The minimum atomic E-state index is -3.20. The molecule has 0 aromatic rings. The van der Waals surface area contributed by atoms with Crippen LogP contribution < -0.4 is 0 Å². The first-order valence-corrected chi connectivity index (χ1v) is 8.43. The molecule has 0 atom stereocenters. The molecule has 0 saturated heterocycles. The van der Waals surface area contributed by atoms with E-state index in [2.05, 4.69) is 9.45 Å². The molecule has 112 valence electrons. The maximum Gasteiger partial charge on any atom is 0.412 e. The normalized spacial score (nSPS) is 12.2. The van der Waals surface area contributed by atoms with E-state index in [9.17, 15) is 15.1 Å². The number of ether oxygens (including phenoxy) is 1. The Morgan fingerprint density at radius 3 is 1.95 bits per heavy atom. The topological polar surface area (TPSA) is 92.1 Å². The molecule has 0 spiro atoms. The lowest BCUT2D eigenvalue weighted by atomic mass is 10.2. The van der Waals surface area contributed by atoms with E-state index in [1.54, 1.807) is 13.0 Å². The van der Waals surface area contributed by atoms with E-state index in [1.807, 2.05) is 41.5 Å². The first kappa shape index (κ1) is 18.4. The van der Waals surface area contributed by atoms with Gasteiger partial charge in [-0.3, -0.25) is 0 Å². The number of hydrogen-bond donors (Lipinski definition) is 0. The highest BCUT2D eigenvalue weighted by molar-refractivity contribution is 7.15. The zero-order valence-electron chi connectivity index (χ0n) is 13.3. The Morgan fingerprint density at radius 1 is 1.25 bits per heavy atom. The minimum Gasteiger partial charge on any atom is -0.458 e. The summed E-state index contributed by atoms with van der Waals surface area (Å²) < 4.78 is 8.97. The Morgan fingerprint density at radius 2 is 1.70 bits per heavy atom. The van der Waals surface area contributed by atoms with E-state index in [0.717, 1.165) is 0 Å². The van der Waals surface area contributed by atoms with Crippen molar-refractivity contribution >= 4 is 25.6 Å². The zero-order valence-corrected chi connectivity index (χ0v) is 14.3. The Kier molecular flexibility index (Phi) is 5.78. The third kappa shape index (κ3) is 3.12. The van der Waals surface area contributed by atoms with Crippen LogP contribution in [-0.4, -0.2) is 37.0 Å². The van der Waals surface area contributed by atoms with Crippen molar-refractivity contribution in [3.05, 3.63) is 5.53 Å². The molecule has 0 radical (unpaired) electrons. The van der Waals surface area contributed by atoms with Gasteiger partial charge in [-0.1, -0.05) is 41.5 Å². The molecule has 0 rings (SSSR count). The zero-order chi connectivity index (χ0) is 16.2. The molecule has 0 aliphatic carbocycles. The van der Waals surface area contributed by atoms with Crippen LogP contribution in [0.2, 0.25) is 10.1 Å². The summed E-state index contributed by atoms with van der Waals surface area (Å²) in [7, 11) is -3.20. The molecule has 20 heavy (non-hydrogen) atoms. The molecule has 0 fully saturated rings. The van der Waals surface area contributed by atoms with E-state index in [0.29, 0.717) is 0 Å². The van der Waals surface area contributed by atoms with Gasteiger partial charge in [-0.2, -0.15) is 4.79 Å². The van der Waals surface area contributed by atoms with Crippen molar-refractivity contribution in [1.82, 2.24) is 0 Å². The third-order valence-electron chi connectivity index (χ3n) is 3.30. The van der Waals surface area contributed by atoms with Crippen molar-refractivity contribution in [2.45, 2.75) is 58.5 Å². The fraction of sp³-hybridized carbons (Fsp3) is 0.769. The number of hydrogen-bond acceptors (Lipinski definition) is 4. The largest absolute Gasteiger partial charge is 0.458 e. The van der Waals surface area contributed by atoms with E-state index >= 15 is 0 Å². The molecular formula is C13H23N3O3Si. The van der Waals surface area contributed by atoms with E-state index < -0.39 is 24.3 Å². The highest BCUT2D eigenvalue weighted by Crippen LogP contribution is 2.52. The van der Waals surface area contributed by atoms with Crippen LogP contribution in [0.4, 0.5) is 0 Å².